The van der Waals surface area contributed by atoms with Crippen molar-refractivity contribution in [2.24, 2.45) is 0 Å². The smallest absolute Gasteiger partial charge is 0.260 e. The van der Waals surface area contributed by atoms with E-state index in [2.05, 4.69) is 40.4 Å². The Morgan fingerprint density at radius 3 is 2.65 bits per heavy atom. The summed E-state index contributed by atoms with van der Waals surface area (Å²) in [7, 11) is 0. The first-order chi connectivity index (χ1) is 9.43. The molecule has 112 valence electrons. The van der Waals surface area contributed by atoms with Gasteiger partial charge in [0.05, 0.1) is 0 Å². The van der Waals surface area contributed by atoms with Gasteiger partial charge in [-0.2, -0.15) is 0 Å². The standard InChI is InChI=1S/C15H23BrN2O2/c1-5-17-15(19)11(4)20-13-6-7-14(16)12(8-13)9-18-10(2)3/h6-8,10-11,18H,5,9H2,1-4H3,(H,17,19). The van der Waals surface area contributed by atoms with Gasteiger partial charge < -0.3 is 15.4 Å². The molecule has 5 heteroatoms. The lowest BCUT2D eigenvalue weighted by Crippen LogP contribution is -2.36. The molecule has 0 saturated heterocycles. The number of carbonyl (C=O) groups is 1. The average molecular weight is 343 g/mol. The van der Waals surface area contributed by atoms with E-state index in [0.29, 0.717) is 18.3 Å². The van der Waals surface area contributed by atoms with E-state index in [1.54, 1.807) is 6.92 Å². The number of halogens is 1. The number of likely N-dealkylation sites (N-methyl/N-ethyl adjacent to an activating group) is 1. The molecule has 0 aliphatic heterocycles. The molecule has 2 N–H and O–H groups in total. The van der Waals surface area contributed by atoms with E-state index in [0.717, 1.165) is 16.6 Å². The number of hydrogen-bond acceptors (Lipinski definition) is 3. The molecule has 0 aliphatic carbocycles. The third-order valence-electron chi connectivity index (χ3n) is 2.75. The lowest BCUT2D eigenvalue weighted by Gasteiger charge is -2.16. The maximum Gasteiger partial charge on any atom is 0.260 e. The van der Waals surface area contributed by atoms with Gasteiger partial charge in [-0.3, -0.25) is 4.79 Å². The molecule has 20 heavy (non-hydrogen) atoms. The van der Waals surface area contributed by atoms with Crippen LogP contribution in [0.5, 0.6) is 5.75 Å². The van der Waals surface area contributed by atoms with Crippen molar-refractivity contribution in [2.45, 2.75) is 46.4 Å². The molecule has 1 aromatic rings. The Hall–Kier alpha value is -1.07. The number of nitrogens with one attached hydrogen (secondary N) is 2. The van der Waals surface area contributed by atoms with Crippen LogP contribution in [-0.4, -0.2) is 24.6 Å². The van der Waals surface area contributed by atoms with Crippen LogP contribution in [0.1, 0.15) is 33.3 Å². The van der Waals surface area contributed by atoms with Gasteiger partial charge in [0.1, 0.15) is 5.75 Å². The van der Waals surface area contributed by atoms with Crippen molar-refractivity contribution in [3.05, 3.63) is 28.2 Å². The normalized spacial score (nSPS) is 12.3. The average Bonchev–Trinajstić information content (AvgIpc) is 2.39. The molecule has 1 aromatic carbocycles. The van der Waals surface area contributed by atoms with Gasteiger partial charge in [0.2, 0.25) is 0 Å². The minimum atomic E-state index is -0.498. The molecule has 0 fully saturated rings. The largest absolute Gasteiger partial charge is 0.481 e. The summed E-state index contributed by atoms with van der Waals surface area (Å²) in [6.07, 6.45) is -0.498. The van der Waals surface area contributed by atoms with Gasteiger partial charge in [-0.05, 0) is 37.6 Å². The molecule has 0 radical (unpaired) electrons. The van der Waals surface area contributed by atoms with Crippen LogP contribution in [0.25, 0.3) is 0 Å². The number of rotatable bonds is 7. The Bertz CT molecular complexity index is 449. The fraction of sp³-hybridized carbons (Fsp3) is 0.533. The van der Waals surface area contributed by atoms with Crippen molar-refractivity contribution in [1.29, 1.82) is 0 Å². The topological polar surface area (TPSA) is 50.4 Å². The highest BCUT2D eigenvalue weighted by atomic mass is 79.9. The minimum Gasteiger partial charge on any atom is -0.481 e. The molecule has 1 amide bonds. The highest BCUT2D eigenvalue weighted by Gasteiger charge is 2.14. The summed E-state index contributed by atoms with van der Waals surface area (Å²) in [6, 6.07) is 6.17. The second-order valence-corrected chi connectivity index (χ2v) is 5.80. The molecular weight excluding hydrogens is 320 g/mol. The molecule has 0 aromatic heterocycles. The molecule has 0 aliphatic rings. The van der Waals surface area contributed by atoms with E-state index in [1.165, 1.54) is 0 Å². The van der Waals surface area contributed by atoms with Crippen molar-refractivity contribution in [3.8, 4) is 5.75 Å². The summed E-state index contributed by atoms with van der Waals surface area (Å²) in [4.78, 5) is 11.7. The van der Waals surface area contributed by atoms with E-state index < -0.39 is 6.10 Å². The monoisotopic (exact) mass is 342 g/mol. The Balaban J connectivity index is 2.71. The van der Waals surface area contributed by atoms with Gasteiger partial charge in [0.25, 0.3) is 5.91 Å². The van der Waals surface area contributed by atoms with Gasteiger partial charge >= 0.3 is 0 Å². The summed E-state index contributed by atoms with van der Waals surface area (Å²) in [6.45, 7) is 9.21. The second kappa shape index (κ2) is 8.27. The van der Waals surface area contributed by atoms with E-state index >= 15 is 0 Å². The zero-order valence-corrected chi connectivity index (χ0v) is 14.1. The number of amides is 1. The maximum absolute atomic E-state index is 11.7. The van der Waals surface area contributed by atoms with Crippen molar-refractivity contribution in [1.82, 2.24) is 10.6 Å². The predicted octanol–water partition coefficient (Wildman–Crippen LogP) is 2.85. The lowest BCUT2D eigenvalue weighted by molar-refractivity contribution is -0.127. The number of hydrogen-bond donors (Lipinski definition) is 2. The number of benzene rings is 1. The van der Waals surface area contributed by atoms with Crippen molar-refractivity contribution < 1.29 is 9.53 Å². The van der Waals surface area contributed by atoms with Crippen LogP contribution in [0.15, 0.2) is 22.7 Å². The van der Waals surface area contributed by atoms with E-state index in [4.69, 9.17) is 4.74 Å². The lowest BCUT2D eigenvalue weighted by atomic mass is 10.2. The number of carbonyl (C=O) groups excluding carboxylic acids is 1. The van der Waals surface area contributed by atoms with Crippen molar-refractivity contribution in [2.75, 3.05) is 6.54 Å². The van der Waals surface area contributed by atoms with Gasteiger partial charge in [0, 0.05) is 23.6 Å². The molecule has 1 rings (SSSR count). The maximum atomic E-state index is 11.7. The third-order valence-corrected chi connectivity index (χ3v) is 3.52. The zero-order chi connectivity index (χ0) is 15.1. The Morgan fingerprint density at radius 1 is 1.35 bits per heavy atom. The second-order valence-electron chi connectivity index (χ2n) is 4.94. The van der Waals surface area contributed by atoms with Gasteiger partial charge in [0.15, 0.2) is 6.10 Å². The first kappa shape index (κ1) is 17.0. The van der Waals surface area contributed by atoms with Gasteiger partial charge in [-0.1, -0.05) is 29.8 Å². The first-order valence-corrected chi connectivity index (χ1v) is 7.69. The Kier molecular flexibility index (Phi) is 7.02. The van der Waals surface area contributed by atoms with E-state index in [-0.39, 0.29) is 5.91 Å². The first-order valence-electron chi connectivity index (χ1n) is 6.90. The quantitative estimate of drug-likeness (QED) is 0.800. The molecular formula is C15H23BrN2O2. The summed E-state index contributed by atoms with van der Waals surface area (Å²) < 4.78 is 6.70. The summed E-state index contributed by atoms with van der Waals surface area (Å²) >= 11 is 3.53. The van der Waals surface area contributed by atoms with Crippen LogP contribution in [0.4, 0.5) is 0 Å². The highest BCUT2D eigenvalue weighted by molar-refractivity contribution is 9.10. The minimum absolute atomic E-state index is 0.0997. The Morgan fingerprint density at radius 2 is 2.05 bits per heavy atom. The molecule has 0 heterocycles. The summed E-state index contributed by atoms with van der Waals surface area (Å²) in [5.41, 5.74) is 1.11. The molecule has 0 bridgehead atoms. The SMILES string of the molecule is CCNC(=O)C(C)Oc1ccc(Br)c(CNC(C)C)c1. The fourth-order valence-electron chi connectivity index (χ4n) is 1.65. The number of ether oxygens (including phenoxy) is 1. The van der Waals surface area contributed by atoms with Gasteiger partial charge in [-0.25, -0.2) is 0 Å². The summed E-state index contributed by atoms with van der Waals surface area (Å²) in [5, 5.41) is 6.11. The zero-order valence-electron chi connectivity index (χ0n) is 12.5. The van der Waals surface area contributed by atoms with Crippen LogP contribution in [0.3, 0.4) is 0 Å². The highest BCUT2D eigenvalue weighted by Crippen LogP contribution is 2.23. The van der Waals surface area contributed by atoms with Crippen LogP contribution in [0.2, 0.25) is 0 Å². The molecule has 1 atom stereocenters. The van der Waals surface area contributed by atoms with E-state index in [1.807, 2.05) is 25.1 Å². The van der Waals surface area contributed by atoms with Gasteiger partial charge in [-0.15, -0.1) is 0 Å². The van der Waals surface area contributed by atoms with Crippen LogP contribution in [0, 0.1) is 0 Å². The third kappa shape index (κ3) is 5.51. The fourth-order valence-corrected chi connectivity index (χ4v) is 2.04. The Labute approximate surface area is 129 Å². The molecule has 4 nitrogen and oxygen atoms in total. The summed E-state index contributed by atoms with van der Waals surface area (Å²) in [5.74, 6) is 0.602. The molecule has 0 spiro atoms. The molecule has 0 saturated carbocycles. The van der Waals surface area contributed by atoms with Crippen LogP contribution in [-0.2, 0) is 11.3 Å². The molecule has 1 unspecified atom stereocenters. The van der Waals surface area contributed by atoms with Crippen molar-refractivity contribution in [3.63, 3.8) is 0 Å². The predicted molar refractivity (Wildman–Crippen MR) is 84.9 cm³/mol. The van der Waals surface area contributed by atoms with Crippen LogP contribution < -0.4 is 15.4 Å². The van der Waals surface area contributed by atoms with Crippen LogP contribution >= 0.6 is 15.9 Å². The van der Waals surface area contributed by atoms with E-state index in [9.17, 15) is 4.79 Å². The van der Waals surface area contributed by atoms with Crippen molar-refractivity contribution >= 4 is 21.8 Å².